The summed E-state index contributed by atoms with van der Waals surface area (Å²) in [6, 6.07) is 5.36. The van der Waals surface area contributed by atoms with E-state index in [-0.39, 0.29) is 0 Å². The van der Waals surface area contributed by atoms with Crippen molar-refractivity contribution >= 4 is 29.0 Å². The number of imidazole rings is 1. The lowest BCUT2D eigenvalue weighted by atomic mass is 10.1. The lowest BCUT2D eigenvalue weighted by molar-refractivity contribution is 0.622. The number of rotatable bonds is 4. The second-order valence-corrected chi connectivity index (χ2v) is 5.43. The standard InChI is InChI=1S/C14H17Cl2N3/c1-3-4-5-19-9(2)18-13(14(19)17)10-6-11(15)8-12(16)7-10/h6-8H,3-5,17H2,1-2H3. The molecule has 0 fully saturated rings. The summed E-state index contributed by atoms with van der Waals surface area (Å²) in [7, 11) is 0. The average molecular weight is 298 g/mol. The first-order chi connectivity index (χ1) is 9.02. The summed E-state index contributed by atoms with van der Waals surface area (Å²) in [5.74, 6) is 1.58. The topological polar surface area (TPSA) is 43.8 Å². The molecule has 0 bridgehead atoms. The summed E-state index contributed by atoms with van der Waals surface area (Å²) < 4.78 is 2.04. The monoisotopic (exact) mass is 297 g/mol. The first-order valence-electron chi connectivity index (χ1n) is 6.32. The Morgan fingerprint density at radius 3 is 2.42 bits per heavy atom. The Labute approximate surface area is 123 Å². The molecule has 0 unspecified atom stereocenters. The van der Waals surface area contributed by atoms with Crippen molar-refractivity contribution in [2.75, 3.05) is 5.73 Å². The van der Waals surface area contributed by atoms with Gasteiger partial charge in [0.05, 0.1) is 0 Å². The van der Waals surface area contributed by atoms with Crippen LogP contribution in [0, 0.1) is 6.92 Å². The predicted octanol–water partition coefficient (Wildman–Crippen LogP) is 4.55. The summed E-state index contributed by atoms with van der Waals surface area (Å²) in [5.41, 5.74) is 7.79. The lowest BCUT2D eigenvalue weighted by Gasteiger charge is -2.07. The maximum Gasteiger partial charge on any atom is 0.131 e. The number of anilines is 1. The Morgan fingerprint density at radius 2 is 1.84 bits per heavy atom. The van der Waals surface area contributed by atoms with Gasteiger partial charge in [-0.25, -0.2) is 4.98 Å². The molecule has 19 heavy (non-hydrogen) atoms. The highest BCUT2D eigenvalue weighted by molar-refractivity contribution is 6.35. The number of hydrogen-bond acceptors (Lipinski definition) is 2. The van der Waals surface area contributed by atoms with E-state index in [1.807, 2.05) is 23.6 Å². The Morgan fingerprint density at radius 1 is 1.21 bits per heavy atom. The molecule has 3 nitrogen and oxygen atoms in total. The first-order valence-corrected chi connectivity index (χ1v) is 7.07. The molecule has 1 heterocycles. The second-order valence-electron chi connectivity index (χ2n) is 4.56. The number of nitrogen functional groups attached to an aromatic ring is 1. The zero-order valence-electron chi connectivity index (χ0n) is 11.1. The highest BCUT2D eigenvalue weighted by Gasteiger charge is 2.14. The van der Waals surface area contributed by atoms with Crippen LogP contribution in [0.5, 0.6) is 0 Å². The van der Waals surface area contributed by atoms with Crippen LogP contribution >= 0.6 is 23.2 Å². The summed E-state index contributed by atoms with van der Waals surface area (Å²) in [6.45, 7) is 5.00. The van der Waals surface area contributed by atoms with Crippen molar-refractivity contribution in [3.8, 4) is 11.3 Å². The summed E-state index contributed by atoms with van der Waals surface area (Å²) in [6.07, 6.45) is 2.20. The van der Waals surface area contributed by atoms with Crippen LogP contribution in [0.25, 0.3) is 11.3 Å². The van der Waals surface area contributed by atoms with Gasteiger partial charge in [-0.05, 0) is 31.5 Å². The van der Waals surface area contributed by atoms with Crippen molar-refractivity contribution in [3.05, 3.63) is 34.1 Å². The number of nitrogens with zero attached hydrogens (tertiary/aromatic N) is 2. The number of aryl methyl sites for hydroxylation is 1. The smallest absolute Gasteiger partial charge is 0.131 e. The van der Waals surface area contributed by atoms with Crippen LogP contribution in [0.1, 0.15) is 25.6 Å². The van der Waals surface area contributed by atoms with E-state index < -0.39 is 0 Å². The van der Waals surface area contributed by atoms with E-state index in [9.17, 15) is 0 Å². The molecule has 5 heteroatoms. The van der Waals surface area contributed by atoms with Crippen LogP contribution in [0.3, 0.4) is 0 Å². The average Bonchev–Trinajstić information content (AvgIpc) is 2.61. The molecule has 0 radical (unpaired) electrons. The minimum atomic E-state index is 0.586. The van der Waals surface area contributed by atoms with Crippen molar-refractivity contribution in [3.63, 3.8) is 0 Å². The van der Waals surface area contributed by atoms with E-state index in [0.717, 1.165) is 36.5 Å². The van der Waals surface area contributed by atoms with E-state index >= 15 is 0 Å². The molecule has 0 saturated carbocycles. The summed E-state index contributed by atoms with van der Waals surface area (Å²) >= 11 is 12.0. The minimum absolute atomic E-state index is 0.586. The van der Waals surface area contributed by atoms with Gasteiger partial charge in [-0.15, -0.1) is 0 Å². The molecule has 0 saturated heterocycles. The Hall–Kier alpha value is -1.19. The molecule has 0 amide bonds. The van der Waals surface area contributed by atoms with Crippen LogP contribution in [-0.4, -0.2) is 9.55 Å². The van der Waals surface area contributed by atoms with Gasteiger partial charge in [0, 0.05) is 22.2 Å². The van der Waals surface area contributed by atoms with E-state index in [1.54, 1.807) is 6.07 Å². The van der Waals surface area contributed by atoms with Gasteiger partial charge in [0.25, 0.3) is 0 Å². The highest BCUT2D eigenvalue weighted by atomic mass is 35.5. The molecular weight excluding hydrogens is 281 g/mol. The number of halogens is 2. The maximum absolute atomic E-state index is 6.19. The van der Waals surface area contributed by atoms with Crippen molar-refractivity contribution in [1.82, 2.24) is 9.55 Å². The van der Waals surface area contributed by atoms with Crippen molar-refractivity contribution in [2.45, 2.75) is 33.2 Å². The molecule has 0 aliphatic carbocycles. The number of aromatic nitrogens is 2. The van der Waals surface area contributed by atoms with Crippen LogP contribution in [0.2, 0.25) is 10.0 Å². The zero-order chi connectivity index (χ0) is 14.0. The lowest BCUT2D eigenvalue weighted by Crippen LogP contribution is -2.04. The number of nitrogens with two attached hydrogens (primary N) is 1. The van der Waals surface area contributed by atoms with E-state index in [2.05, 4.69) is 11.9 Å². The third-order valence-corrected chi connectivity index (χ3v) is 3.51. The summed E-state index contributed by atoms with van der Waals surface area (Å²) in [4.78, 5) is 4.54. The Kier molecular flexibility index (Phi) is 4.38. The third kappa shape index (κ3) is 3.04. The molecule has 2 aromatic rings. The van der Waals surface area contributed by atoms with Crippen LogP contribution in [0.4, 0.5) is 5.82 Å². The molecule has 0 spiro atoms. The number of hydrogen-bond donors (Lipinski definition) is 1. The Bertz CT molecular complexity index is 570. The third-order valence-electron chi connectivity index (χ3n) is 3.07. The fourth-order valence-electron chi connectivity index (χ4n) is 2.08. The van der Waals surface area contributed by atoms with Crippen molar-refractivity contribution < 1.29 is 0 Å². The molecule has 1 aromatic carbocycles. The van der Waals surface area contributed by atoms with Gasteiger partial charge in [0.2, 0.25) is 0 Å². The van der Waals surface area contributed by atoms with Gasteiger partial charge in [0.1, 0.15) is 17.3 Å². The zero-order valence-corrected chi connectivity index (χ0v) is 12.6. The van der Waals surface area contributed by atoms with Gasteiger partial charge in [-0.2, -0.15) is 0 Å². The molecule has 2 rings (SSSR count). The molecule has 0 aliphatic heterocycles. The van der Waals surface area contributed by atoms with Crippen molar-refractivity contribution in [1.29, 1.82) is 0 Å². The van der Waals surface area contributed by atoms with Gasteiger partial charge in [0.15, 0.2) is 0 Å². The predicted molar refractivity (Wildman–Crippen MR) is 81.7 cm³/mol. The molecule has 1 aromatic heterocycles. The van der Waals surface area contributed by atoms with Crippen molar-refractivity contribution in [2.24, 2.45) is 0 Å². The van der Waals surface area contributed by atoms with E-state index in [0.29, 0.717) is 15.9 Å². The quantitative estimate of drug-likeness (QED) is 0.900. The molecule has 0 aliphatic rings. The fraction of sp³-hybridized carbons (Fsp3) is 0.357. The second kappa shape index (κ2) is 5.85. The number of unbranched alkanes of at least 4 members (excludes halogenated alkanes) is 1. The molecule has 2 N–H and O–H groups in total. The fourth-order valence-corrected chi connectivity index (χ4v) is 2.61. The van der Waals surface area contributed by atoms with Crippen LogP contribution in [-0.2, 0) is 6.54 Å². The van der Waals surface area contributed by atoms with Gasteiger partial charge >= 0.3 is 0 Å². The Balaban J connectivity index is 2.45. The SMILES string of the molecule is CCCCn1c(C)nc(-c2cc(Cl)cc(Cl)c2)c1N. The maximum atomic E-state index is 6.19. The molecule has 0 atom stereocenters. The highest BCUT2D eigenvalue weighted by Crippen LogP contribution is 2.31. The van der Waals surface area contributed by atoms with Gasteiger partial charge < -0.3 is 10.3 Å². The van der Waals surface area contributed by atoms with Gasteiger partial charge in [-0.3, -0.25) is 0 Å². The first kappa shape index (κ1) is 14.2. The summed E-state index contributed by atoms with van der Waals surface area (Å²) in [5, 5.41) is 1.17. The molecular formula is C14H17Cl2N3. The van der Waals surface area contributed by atoms with E-state index in [1.165, 1.54) is 0 Å². The largest absolute Gasteiger partial charge is 0.383 e. The van der Waals surface area contributed by atoms with Crippen LogP contribution in [0.15, 0.2) is 18.2 Å². The van der Waals surface area contributed by atoms with E-state index in [4.69, 9.17) is 28.9 Å². The minimum Gasteiger partial charge on any atom is -0.383 e. The number of benzene rings is 1. The van der Waals surface area contributed by atoms with Crippen LogP contribution < -0.4 is 5.73 Å². The van der Waals surface area contributed by atoms with Gasteiger partial charge in [-0.1, -0.05) is 36.5 Å². The molecule has 102 valence electrons. The normalized spacial score (nSPS) is 10.9.